The first-order valence-electron chi connectivity index (χ1n) is 7.41. The van der Waals surface area contributed by atoms with Crippen molar-refractivity contribution >= 4 is 34.2 Å². The molecule has 1 saturated heterocycles. The minimum atomic E-state index is -1.10. The molecule has 1 aromatic carbocycles. The maximum atomic E-state index is 12.5. The van der Waals surface area contributed by atoms with Gasteiger partial charge in [0.05, 0.1) is 6.61 Å². The Hall–Kier alpha value is -0.660. The normalized spacial score (nSPS) is 23.0. The maximum Gasteiger partial charge on any atom is 0.244 e. The molecule has 0 spiro atoms. The van der Waals surface area contributed by atoms with Crippen molar-refractivity contribution in [1.29, 1.82) is 0 Å². The molecular weight excluding hydrogens is 384 g/mol. The second kappa shape index (κ2) is 8.44. The summed E-state index contributed by atoms with van der Waals surface area (Å²) < 4.78 is 6.37. The van der Waals surface area contributed by atoms with Gasteiger partial charge in [-0.1, -0.05) is 28.1 Å². The predicted molar refractivity (Wildman–Crippen MR) is 95.5 cm³/mol. The molecule has 0 aliphatic carbocycles. The van der Waals surface area contributed by atoms with Crippen LogP contribution in [0.5, 0.6) is 0 Å². The van der Waals surface area contributed by atoms with E-state index in [1.165, 1.54) is 0 Å². The molecule has 0 bridgehead atoms. The molecule has 2 rings (SSSR count). The second-order valence-electron chi connectivity index (χ2n) is 6.17. The van der Waals surface area contributed by atoms with E-state index in [0.717, 1.165) is 16.5 Å². The Morgan fingerprint density at radius 3 is 2.65 bits per heavy atom. The standard InChI is InChI=1S/C16H23BrN2O3.ClH/c1-15(18,12-2-4-13(17)5-3-12)14(21)19-10-16(6-8-20)7-9-22-11-16;/h2-5,20H,6-11,18H2,1H3,(H,19,21);1H. The second-order valence-corrected chi connectivity index (χ2v) is 7.08. The van der Waals surface area contributed by atoms with Crippen molar-refractivity contribution in [3.8, 4) is 0 Å². The highest BCUT2D eigenvalue weighted by Gasteiger charge is 2.37. The van der Waals surface area contributed by atoms with E-state index in [1.807, 2.05) is 24.3 Å². The van der Waals surface area contributed by atoms with Gasteiger partial charge in [0.1, 0.15) is 5.54 Å². The fourth-order valence-corrected chi connectivity index (χ4v) is 2.95. The number of hydrogen-bond donors (Lipinski definition) is 3. The number of carbonyl (C=O) groups excluding carboxylic acids is 1. The summed E-state index contributed by atoms with van der Waals surface area (Å²) in [6.07, 6.45) is 1.46. The Bertz CT molecular complexity index is 517. The Kier molecular flexibility index (Phi) is 7.48. The number of hydrogen-bond acceptors (Lipinski definition) is 4. The van der Waals surface area contributed by atoms with Crippen LogP contribution in [0.1, 0.15) is 25.3 Å². The number of ether oxygens (including phenoxy) is 1. The number of nitrogens with two attached hydrogens (primary N) is 1. The van der Waals surface area contributed by atoms with Gasteiger partial charge in [-0.2, -0.15) is 0 Å². The molecule has 5 nitrogen and oxygen atoms in total. The molecule has 1 heterocycles. The summed E-state index contributed by atoms with van der Waals surface area (Å²) in [5.41, 5.74) is 5.71. The monoisotopic (exact) mass is 406 g/mol. The number of aliphatic hydroxyl groups is 1. The first-order valence-corrected chi connectivity index (χ1v) is 8.21. The van der Waals surface area contributed by atoms with Crippen LogP contribution < -0.4 is 11.1 Å². The van der Waals surface area contributed by atoms with Crippen molar-refractivity contribution in [2.24, 2.45) is 11.1 Å². The lowest BCUT2D eigenvalue weighted by Gasteiger charge is -2.30. The number of carbonyl (C=O) groups is 1. The summed E-state index contributed by atoms with van der Waals surface area (Å²) in [5, 5.41) is 12.2. The summed E-state index contributed by atoms with van der Waals surface area (Å²) in [6, 6.07) is 7.41. The zero-order valence-corrected chi connectivity index (χ0v) is 15.6. The molecule has 1 amide bonds. The van der Waals surface area contributed by atoms with E-state index in [9.17, 15) is 9.90 Å². The molecule has 0 radical (unpaired) electrons. The number of aliphatic hydroxyl groups excluding tert-OH is 1. The van der Waals surface area contributed by atoms with Crippen molar-refractivity contribution in [2.75, 3.05) is 26.4 Å². The minimum Gasteiger partial charge on any atom is -0.396 e. The highest BCUT2D eigenvalue weighted by molar-refractivity contribution is 9.10. The first-order chi connectivity index (χ1) is 10.4. The zero-order chi connectivity index (χ0) is 16.2. The first kappa shape index (κ1) is 20.4. The number of nitrogens with one attached hydrogen (secondary N) is 1. The predicted octanol–water partition coefficient (Wildman–Crippen LogP) is 1.95. The maximum absolute atomic E-state index is 12.5. The van der Waals surface area contributed by atoms with Crippen LogP contribution in [0.25, 0.3) is 0 Å². The molecule has 1 aliphatic rings. The third-order valence-corrected chi connectivity index (χ3v) is 4.90. The van der Waals surface area contributed by atoms with Gasteiger partial charge in [-0.15, -0.1) is 12.4 Å². The van der Waals surface area contributed by atoms with E-state index >= 15 is 0 Å². The number of amides is 1. The Morgan fingerprint density at radius 1 is 1.48 bits per heavy atom. The van der Waals surface area contributed by atoms with E-state index in [2.05, 4.69) is 21.2 Å². The molecule has 2 atom stereocenters. The zero-order valence-electron chi connectivity index (χ0n) is 13.2. The van der Waals surface area contributed by atoms with Crippen molar-refractivity contribution in [1.82, 2.24) is 5.32 Å². The van der Waals surface area contributed by atoms with Crippen molar-refractivity contribution < 1.29 is 14.6 Å². The Labute approximate surface area is 151 Å². The van der Waals surface area contributed by atoms with E-state index in [1.54, 1.807) is 6.92 Å². The van der Waals surface area contributed by atoms with Gasteiger partial charge in [-0.3, -0.25) is 4.79 Å². The Balaban J connectivity index is 0.00000264. The fraction of sp³-hybridized carbons (Fsp3) is 0.562. The summed E-state index contributed by atoms with van der Waals surface area (Å²) in [5.74, 6) is -0.223. The highest BCUT2D eigenvalue weighted by Crippen LogP contribution is 2.31. The van der Waals surface area contributed by atoms with Crippen molar-refractivity contribution in [3.05, 3.63) is 34.3 Å². The lowest BCUT2D eigenvalue weighted by Crippen LogP contribution is -2.51. The number of benzene rings is 1. The Morgan fingerprint density at radius 2 is 2.13 bits per heavy atom. The molecule has 1 aliphatic heterocycles. The van der Waals surface area contributed by atoms with Crippen LogP contribution in [0, 0.1) is 5.41 Å². The summed E-state index contributed by atoms with van der Waals surface area (Å²) >= 11 is 3.37. The van der Waals surface area contributed by atoms with Crippen LogP contribution in [-0.2, 0) is 15.1 Å². The highest BCUT2D eigenvalue weighted by atomic mass is 79.9. The molecule has 1 aromatic rings. The van der Waals surface area contributed by atoms with Crippen LogP contribution in [0.2, 0.25) is 0 Å². The van der Waals surface area contributed by atoms with Crippen LogP contribution in [0.15, 0.2) is 28.7 Å². The van der Waals surface area contributed by atoms with Gasteiger partial charge in [-0.05, 0) is 37.5 Å². The molecule has 0 aromatic heterocycles. The van der Waals surface area contributed by atoms with Gasteiger partial charge in [0, 0.05) is 29.6 Å². The topological polar surface area (TPSA) is 84.6 Å². The van der Waals surface area contributed by atoms with Gasteiger partial charge < -0.3 is 20.9 Å². The molecule has 23 heavy (non-hydrogen) atoms. The van der Waals surface area contributed by atoms with Gasteiger partial charge in [0.15, 0.2) is 0 Å². The van der Waals surface area contributed by atoms with E-state index in [0.29, 0.717) is 26.2 Å². The molecule has 130 valence electrons. The SMILES string of the molecule is CC(N)(C(=O)NCC1(CCO)CCOC1)c1ccc(Br)cc1.Cl. The average molecular weight is 408 g/mol. The van der Waals surface area contributed by atoms with Crippen molar-refractivity contribution in [3.63, 3.8) is 0 Å². The quantitative estimate of drug-likeness (QED) is 0.673. The molecule has 2 unspecified atom stereocenters. The molecule has 0 saturated carbocycles. The average Bonchev–Trinajstić information content (AvgIpc) is 2.94. The largest absolute Gasteiger partial charge is 0.396 e. The smallest absolute Gasteiger partial charge is 0.244 e. The molecular formula is C16H24BrClN2O3. The summed E-state index contributed by atoms with van der Waals surface area (Å²) in [4.78, 5) is 12.5. The van der Waals surface area contributed by atoms with Crippen LogP contribution in [0.4, 0.5) is 0 Å². The summed E-state index contributed by atoms with van der Waals surface area (Å²) in [7, 11) is 0. The fourth-order valence-electron chi connectivity index (χ4n) is 2.69. The number of halogens is 2. The van der Waals surface area contributed by atoms with Crippen LogP contribution in [-0.4, -0.2) is 37.4 Å². The van der Waals surface area contributed by atoms with Crippen molar-refractivity contribution in [2.45, 2.75) is 25.3 Å². The lowest BCUT2D eigenvalue weighted by atomic mass is 9.83. The van der Waals surface area contributed by atoms with E-state index < -0.39 is 5.54 Å². The van der Waals surface area contributed by atoms with Crippen LogP contribution >= 0.6 is 28.3 Å². The third kappa shape index (κ3) is 4.90. The molecule has 4 N–H and O–H groups in total. The number of rotatable bonds is 6. The minimum absolute atomic E-state index is 0. The van der Waals surface area contributed by atoms with Gasteiger partial charge in [0.25, 0.3) is 0 Å². The van der Waals surface area contributed by atoms with Gasteiger partial charge in [-0.25, -0.2) is 0 Å². The van der Waals surface area contributed by atoms with Crippen LogP contribution in [0.3, 0.4) is 0 Å². The third-order valence-electron chi connectivity index (χ3n) is 4.37. The molecule has 7 heteroatoms. The van der Waals surface area contributed by atoms with Gasteiger partial charge in [0.2, 0.25) is 5.91 Å². The van der Waals surface area contributed by atoms with Gasteiger partial charge >= 0.3 is 0 Å². The van der Waals surface area contributed by atoms with E-state index in [4.69, 9.17) is 10.5 Å². The molecule has 1 fully saturated rings. The van der Waals surface area contributed by atoms with E-state index in [-0.39, 0.29) is 30.3 Å². The summed E-state index contributed by atoms with van der Waals surface area (Å²) in [6.45, 7) is 3.49. The lowest BCUT2D eigenvalue weighted by molar-refractivity contribution is -0.126.